The Labute approximate surface area is 190 Å². The van der Waals surface area contributed by atoms with Crippen LogP contribution < -0.4 is 20.2 Å². The SMILES string of the molecule is O.O.O=C([O-])c1c(Cl)c(Cl)c(C(=O)[O-])c(Cl)c1Cl.c1cc(-c2cc[nH+]cc2)cc[nH+]1. The average Bonchev–Trinajstić information content (AvgIpc) is 2.68. The van der Waals surface area contributed by atoms with Gasteiger partial charge in [-0.25, -0.2) is 9.97 Å². The summed E-state index contributed by atoms with van der Waals surface area (Å²) in [7, 11) is 0. The molecule has 0 spiro atoms. The van der Waals surface area contributed by atoms with Gasteiger partial charge in [-0.2, -0.15) is 0 Å². The van der Waals surface area contributed by atoms with Crippen molar-refractivity contribution < 1.29 is 40.7 Å². The van der Waals surface area contributed by atoms with Crippen molar-refractivity contribution in [2.75, 3.05) is 0 Å². The van der Waals surface area contributed by atoms with Gasteiger partial charge in [-0.1, -0.05) is 46.4 Å². The molecule has 0 unspecified atom stereocenters. The Morgan fingerprint density at radius 3 is 1.03 bits per heavy atom. The Morgan fingerprint density at radius 2 is 0.833 bits per heavy atom. The van der Waals surface area contributed by atoms with E-state index in [0.29, 0.717) is 0 Å². The average molecular weight is 496 g/mol. The standard InChI is InChI=1S/C10H8N2.C8H2Cl4O4.2H2O/c1-5-11-6-2-9(1)10-3-7-12-8-4-10;9-3-1(7(13)14)4(10)6(12)2(5(3)11)8(15)16;;/h1-8H;(H,13,14)(H,15,16);2*1H2. The van der Waals surface area contributed by atoms with E-state index in [1.165, 1.54) is 11.1 Å². The van der Waals surface area contributed by atoms with Gasteiger partial charge in [-0.3, -0.25) is 0 Å². The lowest BCUT2D eigenvalue weighted by atomic mass is 10.1. The molecule has 2 heterocycles. The highest BCUT2D eigenvalue weighted by Gasteiger charge is 2.21. The number of benzene rings is 1. The zero-order valence-corrected chi connectivity index (χ0v) is 17.8. The molecule has 0 bridgehead atoms. The Hall–Kier alpha value is -2.46. The van der Waals surface area contributed by atoms with E-state index in [1.54, 1.807) is 0 Å². The number of H-pyrrole nitrogens is 2. The summed E-state index contributed by atoms with van der Waals surface area (Å²) in [5.74, 6) is -3.44. The Kier molecular flexibility index (Phi) is 11.3. The minimum Gasteiger partial charge on any atom is -0.545 e. The van der Waals surface area contributed by atoms with Crippen LogP contribution in [0.2, 0.25) is 20.1 Å². The van der Waals surface area contributed by atoms with Gasteiger partial charge in [0.2, 0.25) is 0 Å². The number of rotatable bonds is 3. The fourth-order valence-electron chi connectivity index (χ4n) is 2.15. The number of pyridine rings is 2. The number of hydrogen-bond acceptors (Lipinski definition) is 4. The summed E-state index contributed by atoms with van der Waals surface area (Å²) in [6.45, 7) is 0. The van der Waals surface area contributed by atoms with E-state index in [4.69, 9.17) is 46.4 Å². The predicted molar refractivity (Wildman–Crippen MR) is 107 cm³/mol. The van der Waals surface area contributed by atoms with Crippen molar-refractivity contribution in [1.29, 1.82) is 0 Å². The van der Waals surface area contributed by atoms with E-state index in [2.05, 4.69) is 34.2 Å². The molecule has 8 nitrogen and oxygen atoms in total. The van der Waals surface area contributed by atoms with Gasteiger partial charge in [0, 0.05) is 35.4 Å². The van der Waals surface area contributed by atoms with E-state index in [1.807, 2.05) is 24.8 Å². The number of carboxylic acid groups (broad SMARTS) is 2. The fraction of sp³-hybridized carbons (Fsp3) is 0. The minimum atomic E-state index is -1.72. The highest BCUT2D eigenvalue weighted by atomic mass is 35.5. The van der Waals surface area contributed by atoms with E-state index in [9.17, 15) is 19.8 Å². The number of carbonyl (C=O) groups excluding carboxylic acids is 2. The Morgan fingerprint density at radius 1 is 0.600 bits per heavy atom. The molecule has 160 valence electrons. The maximum absolute atomic E-state index is 10.7. The summed E-state index contributed by atoms with van der Waals surface area (Å²) in [5.41, 5.74) is 1.12. The largest absolute Gasteiger partial charge is 0.545 e. The molecule has 1 aromatic carbocycles. The summed E-state index contributed by atoms with van der Waals surface area (Å²) in [4.78, 5) is 27.3. The first-order valence-corrected chi connectivity index (χ1v) is 8.98. The number of aromatic carboxylic acids is 2. The third-order valence-corrected chi connectivity index (χ3v) is 5.15. The molecule has 3 aromatic rings. The zero-order chi connectivity index (χ0) is 20.8. The predicted octanol–water partition coefficient (Wildman–Crippen LogP) is 0.360. The van der Waals surface area contributed by atoms with E-state index in [-0.39, 0.29) is 11.0 Å². The molecular weight excluding hydrogens is 482 g/mol. The van der Waals surface area contributed by atoms with Gasteiger partial charge in [0.1, 0.15) is 0 Å². The monoisotopic (exact) mass is 494 g/mol. The maximum Gasteiger partial charge on any atom is 0.167 e. The first-order valence-electron chi connectivity index (χ1n) is 7.47. The molecule has 0 aliphatic carbocycles. The van der Waals surface area contributed by atoms with Gasteiger partial charge in [0.05, 0.1) is 32.0 Å². The molecule has 30 heavy (non-hydrogen) atoms. The van der Waals surface area contributed by atoms with Crippen molar-refractivity contribution in [3.63, 3.8) is 0 Å². The lowest BCUT2D eigenvalue weighted by Gasteiger charge is -2.16. The normalized spacial score (nSPS) is 9.33. The molecule has 6 N–H and O–H groups in total. The summed E-state index contributed by atoms with van der Waals surface area (Å²) in [6, 6.07) is 8.20. The van der Waals surface area contributed by atoms with Gasteiger partial charge in [-0.15, -0.1) is 0 Å². The van der Waals surface area contributed by atoms with Crippen LogP contribution in [0.5, 0.6) is 0 Å². The van der Waals surface area contributed by atoms with Crippen molar-refractivity contribution in [3.8, 4) is 11.1 Å². The van der Waals surface area contributed by atoms with Crippen LogP contribution in [0.4, 0.5) is 0 Å². The van der Waals surface area contributed by atoms with Gasteiger partial charge >= 0.3 is 0 Å². The molecule has 12 heteroatoms. The van der Waals surface area contributed by atoms with Crippen LogP contribution in [0.25, 0.3) is 11.1 Å². The van der Waals surface area contributed by atoms with Crippen LogP contribution in [0, 0.1) is 0 Å². The summed E-state index contributed by atoms with van der Waals surface area (Å²) >= 11 is 22.1. The molecule has 0 aliphatic rings. The van der Waals surface area contributed by atoms with Crippen LogP contribution >= 0.6 is 46.4 Å². The number of carbonyl (C=O) groups is 2. The van der Waals surface area contributed by atoms with Gasteiger partial charge in [-0.05, 0) is 11.1 Å². The quantitative estimate of drug-likeness (QED) is 0.477. The molecule has 0 saturated heterocycles. The second-order valence-corrected chi connectivity index (χ2v) is 6.67. The van der Waals surface area contributed by atoms with Crippen LogP contribution in [0.15, 0.2) is 49.1 Å². The van der Waals surface area contributed by atoms with Gasteiger partial charge in [0.15, 0.2) is 24.8 Å². The minimum absolute atomic E-state index is 0. The molecule has 0 fully saturated rings. The fourth-order valence-corrected chi connectivity index (χ4v) is 3.31. The highest BCUT2D eigenvalue weighted by molar-refractivity contribution is 6.52. The third-order valence-electron chi connectivity index (χ3n) is 3.44. The molecular formula is C18H14Cl4N2O6. The summed E-state index contributed by atoms with van der Waals surface area (Å²) in [5, 5.41) is 19.1. The van der Waals surface area contributed by atoms with Crippen LogP contribution in [0.1, 0.15) is 20.7 Å². The van der Waals surface area contributed by atoms with Crippen LogP contribution in [-0.4, -0.2) is 22.9 Å². The number of carboxylic acids is 2. The van der Waals surface area contributed by atoms with Crippen LogP contribution in [-0.2, 0) is 0 Å². The van der Waals surface area contributed by atoms with Crippen LogP contribution in [0.3, 0.4) is 0 Å². The molecule has 3 rings (SSSR count). The lowest BCUT2D eigenvalue weighted by molar-refractivity contribution is -0.378. The molecule has 0 radical (unpaired) electrons. The van der Waals surface area contributed by atoms with Crippen molar-refractivity contribution in [2.45, 2.75) is 0 Å². The van der Waals surface area contributed by atoms with E-state index < -0.39 is 43.2 Å². The van der Waals surface area contributed by atoms with Gasteiger partial charge < -0.3 is 30.8 Å². The van der Waals surface area contributed by atoms with Crippen molar-refractivity contribution in [3.05, 3.63) is 80.3 Å². The molecule has 0 aliphatic heterocycles. The summed E-state index contributed by atoms with van der Waals surface area (Å²) in [6.07, 6.45) is 7.69. The van der Waals surface area contributed by atoms with Crippen molar-refractivity contribution in [1.82, 2.24) is 0 Å². The van der Waals surface area contributed by atoms with E-state index in [0.717, 1.165) is 0 Å². The Bertz CT molecular complexity index is 909. The second-order valence-electron chi connectivity index (χ2n) is 5.16. The van der Waals surface area contributed by atoms with Crippen molar-refractivity contribution in [2.24, 2.45) is 0 Å². The molecule has 0 atom stereocenters. The van der Waals surface area contributed by atoms with E-state index >= 15 is 0 Å². The summed E-state index contributed by atoms with van der Waals surface area (Å²) < 4.78 is 0. The molecule has 0 amide bonds. The third kappa shape index (κ3) is 6.27. The number of nitrogens with one attached hydrogen (secondary N) is 2. The Balaban J connectivity index is 0.000000541. The zero-order valence-electron chi connectivity index (χ0n) is 14.8. The molecule has 0 saturated carbocycles. The number of hydrogen-bond donors (Lipinski definition) is 0. The van der Waals surface area contributed by atoms with Crippen molar-refractivity contribution >= 4 is 58.3 Å². The lowest BCUT2D eigenvalue weighted by Crippen LogP contribution is -2.26. The number of aromatic nitrogens is 2. The first-order chi connectivity index (χ1) is 13.3. The topological polar surface area (TPSA) is 172 Å². The van der Waals surface area contributed by atoms with Gasteiger partial charge in [0.25, 0.3) is 0 Å². The smallest absolute Gasteiger partial charge is 0.167 e. The first kappa shape index (κ1) is 27.5. The highest BCUT2D eigenvalue weighted by Crippen LogP contribution is 2.40. The number of aromatic amines is 2. The second kappa shape index (κ2) is 12.3. The molecule has 2 aromatic heterocycles. The number of halogens is 4. The maximum atomic E-state index is 10.7.